The van der Waals surface area contributed by atoms with Crippen LogP contribution < -0.4 is 0 Å². The van der Waals surface area contributed by atoms with Crippen LogP contribution in [0.15, 0.2) is 84.9 Å². The highest BCUT2D eigenvalue weighted by molar-refractivity contribution is 6.30. The summed E-state index contributed by atoms with van der Waals surface area (Å²) in [7, 11) is 0. The Morgan fingerprint density at radius 2 is 1.39 bits per heavy atom. The number of benzene rings is 3. The molecule has 172 valence electrons. The van der Waals surface area contributed by atoms with Crippen molar-refractivity contribution >= 4 is 17.6 Å². The summed E-state index contributed by atoms with van der Waals surface area (Å²) in [4.78, 5) is 15.0. The molecule has 1 fully saturated rings. The van der Waals surface area contributed by atoms with Gasteiger partial charge >= 0.3 is 5.97 Å². The van der Waals surface area contributed by atoms with Crippen LogP contribution >= 0.6 is 11.6 Å². The Balaban J connectivity index is 1.44. The summed E-state index contributed by atoms with van der Waals surface area (Å²) in [6, 6.07) is 26.5. The van der Waals surface area contributed by atoms with E-state index in [-0.39, 0.29) is 0 Å². The molecule has 0 unspecified atom stereocenters. The number of carboxylic acid groups (broad SMARTS) is 1. The third-order valence-electron chi connectivity index (χ3n) is 6.99. The van der Waals surface area contributed by atoms with E-state index in [0.29, 0.717) is 24.3 Å². The maximum absolute atomic E-state index is 12.7. The number of rotatable bonds is 8. The molecule has 5 heteroatoms. The summed E-state index contributed by atoms with van der Waals surface area (Å²) in [5.41, 5.74) is 0.603. The molecule has 0 spiro atoms. The monoisotopic (exact) mass is 463 g/mol. The Labute approximate surface area is 200 Å². The van der Waals surface area contributed by atoms with Crippen LogP contribution in [-0.4, -0.2) is 40.7 Å². The third-order valence-corrected chi connectivity index (χ3v) is 7.24. The molecule has 4 rings (SSSR count). The highest BCUT2D eigenvalue weighted by atomic mass is 35.5. The van der Waals surface area contributed by atoms with Gasteiger partial charge in [0.15, 0.2) is 0 Å². The highest BCUT2D eigenvalue weighted by Crippen LogP contribution is 2.38. The van der Waals surface area contributed by atoms with E-state index in [1.54, 1.807) is 0 Å². The Morgan fingerprint density at radius 1 is 0.879 bits per heavy atom. The quantitative estimate of drug-likeness (QED) is 0.464. The molecule has 0 amide bonds. The number of halogens is 1. The van der Waals surface area contributed by atoms with Gasteiger partial charge in [0.05, 0.1) is 5.60 Å². The predicted molar refractivity (Wildman–Crippen MR) is 132 cm³/mol. The minimum absolute atomic E-state index is 0.508. The molecule has 33 heavy (non-hydrogen) atoms. The zero-order chi connectivity index (χ0) is 23.3. The van der Waals surface area contributed by atoms with E-state index in [1.807, 2.05) is 84.9 Å². The van der Waals surface area contributed by atoms with Gasteiger partial charge in [-0.3, -0.25) is 4.79 Å². The molecule has 3 aromatic rings. The van der Waals surface area contributed by atoms with Gasteiger partial charge in [-0.25, -0.2) is 0 Å². The Morgan fingerprint density at radius 3 is 1.88 bits per heavy atom. The molecule has 0 radical (unpaired) electrons. The largest absolute Gasteiger partial charge is 0.480 e. The fraction of sp³-hybridized carbons (Fsp3) is 0.321. The van der Waals surface area contributed by atoms with Gasteiger partial charge in [0.1, 0.15) is 5.41 Å². The average Bonchev–Trinajstić information content (AvgIpc) is 2.84. The molecule has 0 saturated carbocycles. The maximum Gasteiger partial charge on any atom is 0.318 e. The first-order chi connectivity index (χ1) is 15.9. The lowest BCUT2D eigenvalue weighted by Crippen LogP contribution is -2.43. The summed E-state index contributed by atoms with van der Waals surface area (Å²) < 4.78 is 0. The lowest BCUT2D eigenvalue weighted by atomic mass is 9.71. The Hall–Kier alpha value is -2.66. The van der Waals surface area contributed by atoms with Crippen LogP contribution in [0.5, 0.6) is 0 Å². The van der Waals surface area contributed by atoms with E-state index >= 15 is 0 Å². The Kier molecular flexibility index (Phi) is 7.18. The number of carbonyl (C=O) groups is 1. The molecule has 0 aromatic heterocycles. The fourth-order valence-corrected chi connectivity index (χ4v) is 5.14. The first kappa shape index (κ1) is 23.5. The van der Waals surface area contributed by atoms with E-state index in [9.17, 15) is 15.0 Å². The van der Waals surface area contributed by atoms with Crippen LogP contribution in [0, 0.1) is 0 Å². The van der Waals surface area contributed by atoms with E-state index in [4.69, 9.17) is 11.6 Å². The topological polar surface area (TPSA) is 60.8 Å². The number of hydrogen-bond donors (Lipinski definition) is 2. The van der Waals surface area contributed by atoms with Crippen molar-refractivity contribution in [1.82, 2.24) is 4.90 Å². The van der Waals surface area contributed by atoms with Gasteiger partial charge in [-0.15, -0.1) is 0 Å². The average molecular weight is 464 g/mol. The summed E-state index contributed by atoms with van der Waals surface area (Å²) in [5.74, 6) is -0.823. The molecule has 0 aliphatic carbocycles. The second kappa shape index (κ2) is 10.1. The predicted octanol–water partition coefficient (Wildman–Crippen LogP) is 5.47. The number of hydrogen-bond acceptors (Lipinski definition) is 3. The molecule has 4 nitrogen and oxygen atoms in total. The summed E-state index contributed by atoms with van der Waals surface area (Å²) >= 11 is 5.99. The highest BCUT2D eigenvalue weighted by Gasteiger charge is 2.42. The van der Waals surface area contributed by atoms with Crippen LogP contribution in [-0.2, 0) is 15.8 Å². The number of nitrogens with zero attached hydrogens (tertiary/aromatic N) is 1. The standard InChI is InChI=1S/C28H30ClNO3/c29-25-14-12-22(13-15-25)27(33)17-20-30(21-18-27)19-7-16-28(26(31)32,23-8-3-1-4-9-23)24-10-5-2-6-11-24/h1-6,8-15,33H,7,16-21H2,(H,31,32). The summed E-state index contributed by atoms with van der Waals surface area (Å²) in [5, 5.41) is 22.2. The van der Waals surface area contributed by atoms with Gasteiger partial charge in [0.25, 0.3) is 0 Å². The van der Waals surface area contributed by atoms with Crippen LogP contribution in [0.1, 0.15) is 42.4 Å². The molecular weight excluding hydrogens is 434 g/mol. The molecule has 0 atom stereocenters. The van der Waals surface area contributed by atoms with Crippen molar-refractivity contribution in [3.63, 3.8) is 0 Å². The zero-order valence-corrected chi connectivity index (χ0v) is 19.4. The number of carboxylic acids is 1. The van der Waals surface area contributed by atoms with Crippen molar-refractivity contribution in [1.29, 1.82) is 0 Å². The smallest absolute Gasteiger partial charge is 0.318 e. The maximum atomic E-state index is 12.7. The third kappa shape index (κ3) is 4.98. The lowest BCUT2D eigenvalue weighted by molar-refractivity contribution is -0.142. The fourth-order valence-electron chi connectivity index (χ4n) is 5.02. The van der Waals surface area contributed by atoms with Crippen molar-refractivity contribution in [3.05, 3.63) is 107 Å². The van der Waals surface area contributed by atoms with Crippen molar-refractivity contribution in [2.24, 2.45) is 0 Å². The molecule has 2 N–H and O–H groups in total. The molecule has 0 bridgehead atoms. The van der Waals surface area contributed by atoms with Gasteiger partial charge < -0.3 is 15.1 Å². The molecule has 1 aliphatic heterocycles. The zero-order valence-electron chi connectivity index (χ0n) is 18.7. The number of likely N-dealkylation sites (tertiary alicyclic amines) is 1. The van der Waals surface area contributed by atoms with Crippen molar-refractivity contribution in [3.8, 4) is 0 Å². The first-order valence-electron chi connectivity index (χ1n) is 11.5. The van der Waals surface area contributed by atoms with Crippen LogP contribution in [0.4, 0.5) is 0 Å². The molecule has 3 aromatic carbocycles. The van der Waals surface area contributed by atoms with Crippen LogP contribution in [0.2, 0.25) is 5.02 Å². The molecule has 1 saturated heterocycles. The van der Waals surface area contributed by atoms with Crippen molar-refractivity contribution in [2.75, 3.05) is 19.6 Å². The second-order valence-electron chi connectivity index (χ2n) is 8.93. The van der Waals surface area contributed by atoms with Gasteiger partial charge in [-0.05, 0) is 61.1 Å². The van der Waals surface area contributed by atoms with E-state index in [2.05, 4.69) is 4.90 Å². The molecule has 1 heterocycles. The summed E-state index contributed by atoms with van der Waals surface area (Å²) in [6.45, 7) is 2.34. The minimum atomic E-state index is -1.08. The minimum Gasteiger partial charge on any atom is -0.480 e. The molecule has 1 aliphatic rings. The van der Waals surface area contributed by atoms with E-state index in [1.165, 1.54) is 0 Å². The number of aliphatic carboxylic acids is 1. The van der Waals surface area contributed by atoms with Gasteiger partial charge in [-0.2, -0.15) is 0 Å². The van der Waals surface area contributed by atoms with E-state index < -0.39 is 17.0 Å². The first-order valence-corrected chi connectivity index (χ1v) is 11.9. The molecular formula is C28H30ClNO3. The normalized spacial score (nSPS) is 16.4. The number of piperidine rings is 1. The van der Waals surface area contributed by atoms with E-state index in [0.717, 1.165) is 42.7 Å². The van der Waals surface area contributed by atoms with Crippen molar-refractivity contribution in [2.45, 2.75) is 36.7 Å². The van der Waals surface area contributed by atoms with Crippen LogP contribution in [0.3, 0.4) is 0 Å². The summed E-state index contributed by atoms with van der Waals surface area (Å²) in [6.07, 6.45) is 2.55. The second-order valence-corrected chi connectivity index (χ2v) is 9.36. The Bertz CT molecular complexity index is 1010. The SMILES string of the molecule is O=C(O)C(CCCN1CCC(O)(c2ccc(Cl)cc2)CC1)(c1ccccc1)c1ccccc1. The van der Waals surface area contributed by atoms with Crippen LogP contribution in [0.25, 0.3) is 0 Å². The van der Waals surface area contributed by atoms with Crippen molar-refractivity contribution < 1.29 is 15.0 Å². The van der Waals surface area contributed by atoms with Gasteiger partial charge in [0, 0.05) is 18.1 Å². The number of aliphatic hydroxyl groups is 1. The lowest BCUT2D eigenvalue weighted by Gasteiger charge is -2.39. The van der Waals surface area contributed by atoms with Gasteiger partial charge in [-0.1, -0.05) is 84.4 Å². The van der Waals surface area contributed by atoms with Gasteiger partial charge in [0.2, 0.25) is 0 Å².